The molecule has 0 aromatic heterocycles. The first-order valence-corrected chi connectivity index (χ1v) is 13.3. The smallest absolute Gasteiger partial charge is 0.0267 e. The van der Waals surface area contributed by atoms with Crippen LogP contribution in [0.2, 0.25) is 0 Å². The van der Waals surface area contributed by atoms with E-state index in [-0.39, 0.29) is 5.54 Å². The Hall–Kier alpha value is 0.230. The van der Waals surface area contributed by atoms with Crippen molar-refractivity contribution in [3.63, 3.8) is 0 Å². The van der Waals surface area contributed by atoms with Crippen LogP contribution in [-0.4, -0.2) is 30.9 Å². The Labute approximate surface area is 183 Å². The lowest BCUT2D eigenvalue weighted by Crippen LogP contribution is -2.75. The number of fused-ring (bicyclic) bond motifs is 1. The molecule has 5 atom stereocenters. The van der Waals surface area contributed by atoms with Crippen LogP contribution in [0.1, 0.15) is 98.8 Å². The van der Waals surface area contributed by atoms with Gasteiger partial charge in [0.15, 0.2) is 0 Å². The van der Waals surface area contributed by atoms with E-state index in [0.717, 1.165) is 36.3 Å². The van der Waals surface area contributed by atoms with Gasteiger partial charge in [-0.1, -0.05) is 60.3 Å². The number of unbranched alkanes of at least 4 members (excludes halogenated alkanes) is 1. The van der Waals surface area contributed by atoms with Crippen molar-refractivity contribution in [3.05, 3.63) is 0 Å². The molecule has 5 unspecified atom stereocenters. The van der Waals surface area contributed by atoms with E-state index in [1.807, 2.05) is 27.7 Å². The van der Waals surface area contributed by atoms with Crippen molar-refractivity contribution in [3.8, 4) is 0 Å². The summed E-state index contributed by atoms with van der Waals surface area (Å²) in [6.45, 7) is 12.3. The zero-order valence-corrected chi connectivity index (χ0v) is 20.9. The van der Waals surface area contributed by atoms with Crippen LogP contribution in [0, 0.1) is 23.7 Å². The second-order valence-electron chi connectivity index (χ2n) is 8.29. The van der Waals surface area contributed by atoms with Crippen LogP contribution in [0.15, 0.2) is 0 Å². The van der Waals surface area contributed by atoms with E-state index in [4.69, 9.17) is 11.5 Å². The second-order valence-corrected chi connectivity index (χ2v) is 8.29. The molecule has 28 heavy (non-hydrogen) atoms. The van der Waals surface area contributed by atoms with Gasteiger partial charge in [0.25, 0.3) is 0 Å². The maximum atomic E-state index is 7.26. The summed E-state index contributed by atoms with van der Waals surface area (Å²) in [6.07, 6.45) is 15.1. The molecule has 170 valence electrons. The maximum absolute atomic E-state index is 7.26. The molecule has 3 rings (SSSR count). The van der Waals surface area contributed by atoms with Crippen LogP contribution in [0.4, 0.5) is 0 Å². The third-order valence-corrected chi connectivity index (χ3v) is 7.18. The lowest BCUT2D eigenvalue weighted by atomic mass is 9.52. The summed E-state index contributed by atoms with van der Waals surface area (Å²) in [6, 6.07) is 0.719. The molecule has 5 N–H and O–H groups in total. The molecule has 3 aliphatic rings. The Morgan fingerprint density at radius 1 is 1.00 bits per heavy atom. The van der Waals surface area contributed by atoms with Crippen molar-refractivity contribution >= 4 is 12.6 Å². The van der Waals surface area contributed by atoms with Gasteiger partial charge in [-0.3, -0.25) is 0 Å². The molecular weight excluding hydrogens is 362 g/mol. The van der Waals surface area contributed by atoms with E-state index in [0.29, 0.717) is 0 Å². The number of nitrogens with two attached hydrogens (primary N) is 2. The Morgan fingerprint density at radius 2 is 1.61 bits per heavy atom. The highest BCUT2D eigenvalue weighted by molar-refractivity contribution is 7.79. The third kappa shape index (κ3) is 6.62. The highest BCUT2D eigenvalue weighted by Crippen LogP contribution is 2.53. The normalized spacial score (nSPS) is 33.8. The SMILES string of the molecule is CC.CC.CCCC1CC(CCCCN)C(N)(C2CCCC2)C2CNC12.CS. The van der Waals surface area contributed by atoms with Crippen molar-refractivity contribution in [1.29, 1.82) is 0 Å². The molecule has 0 aromatic rings. The first-order chi connectivity index (χ1) is 13.7. The van der Waals surface area contributed by atoms with Crippen LogP contribution in [0.25, 0.3) is 0 Å². The summed E-state index contributed by atoms with van der Waals surface area (Å²) in [7, 11) is 0. The molecule has 1 aliphatic heterocycles. The third-order valence-electron chi connectivity index (χ3n) is 7.18. The van der Waals surface area contributed by atoms with Crippen LogP contribution in [0.5, 0.6) is 0 Å². The highest BCUT2D eigenvalue weighted by Gasteiger charge is 2.58. The quantitative estimate of drug-likeness (QED) is 0.322. The molecule has 4 heteroatoms. The number of hydrogen-bond acceptors (Lipinski definition) is 4. The lowest BCUT2D eigenvalue weighted by Gasteiger charge is -2.62. The minimum absolute atomic E-state index is 0.116. The summed E-state index contributed by atoms with van der Waals surface area (Å²) in [5, 5.41) is 3.75. The monoisotopic (exact) mass is 415 g/mol. The standard InChI is InChI=1S/C19H37N3.2C2H6.CH4S/c1-2-7-14-12-16(10-5-6-11-20)19(21,15-8-3-4-9-15)17-13-22-18(14)17;3*1-2/h14-18,22H,2-13,20-21H2,1H3;2*1-2H3;2H,1H3. The molecule has 1 saturated heterocycles. The van der Waals surface area contributed by atoms with Crippen LogP contribution < -0.4 is 16.8 Å². The summed E-state index contributed by atoms with van der Waals surface area (Å²) in [5.41, 5.74) is 13.1. The highest BCUT2D eigenvalue weighted by atomic mass is 32.1. The fraction of sp³-hybridized carbons (Fsp3) is 1.00. The Bertz CT molecular complexity index is 360. The molecule has 0 amide bonds. The average Bonchev–Trinajstić information content (AvgIpc) is 3.26. The Balaban J connectivity index is 0.00000111. The van der Waals surface area contributed by atoms with Gasteiger partial charge < -0.3 is 16.8 Å². The molecule has 1 heterocycles. The van der Waals surface area contributed by atoms with E-state index in [9.17, 15) is 0 Å². The summed E-state index contributed by atoms with van der Waals surface area (Å²) >= 11 is 3.53. The van der Waals surface area contributed by atoms with Crippen LogP contribution in [-0.2, 0) is 0 Å². The van der Waals surface area contributed by atoms with E-state index in [1.54, 1.807) is 6.26 Å². The van der Waals surface area contributed by atoms with Crippen molar-refractivity contribution in [2.24, 2.45) is 35.1 Å². The summed E-state index contributed by atoms with van der Waals surface area (Å²) in [5.74, 6) is 3.13. The van der Waals surface area contributed by atoms with E-state index < -0.39 is 0 Å². The van der Waals surface area contributed by atoms with Gasteiger partial charge in [-0.05, 0) is 69.1 Å². The molecular formula is C24H53N3S. The van der Waals surface area contributed by atoms with Gasteiger partial charge in [0, 0.05) is 24.0 Å². The molecule has 0 bridgehead atoms. The van der Waals surface area contributed by atoms with Gasteiger partial charge in [-0.15, -0.1) is 0 Å². The first-order valence-electron chi connectivity index (χ1n) is 12.4. The van der Waals surface area contributed by atoms with Crippen molar-refractivity contribution in [2.45, 2.75) is 110 Å². The zero-order valence-electron chi connectivity index (χ0n) is 20.0. The molecule has 3 nitrogen and oxygen atoms in total. The van der Waals surface area contributed by atoms with E-state index in [1.165, 1.54) is 70.8 Å². The lowest BCUT2D eigenvalue weighted by molar-refractivity contribution is -0.0538. The molecule has 2 saturated carbocycles. The topological polar surface area (TPSA) is 64.1 Å². The van der Waals surface area contributed by atoms with Gasteiger partial charge in [-0.25, -0.2) is 0 Å². The predicted molar refractivity (Wildman–Crippen MR) is 131 cm³/mol. The average molecular weight is 416 g/mol. The predicted octanol–water partition coefficient (Wildman–Crippen LogP) is 5.63. The number of hydrogen-bond donors (Lipinski definition) is 4. The number of rotatable bonds is 7. The second kappa shape index (κ2) is 16.0. The van der Waals surface area contributed by atoms with Gasteiger partial charge in [0.05, 0.1) is 0 Å². The molecule has 3 fully saturated rings. The van der Waals surface area contributed by atoms with Crippen molar-refractivity contribution in [1.82, 2.24) is 5.32 Å². The fourth-order valence-corrected chi connectivity index (χ4v) is 6.01. The first kappa shape index (κ1) is 28.2. The van der Waals surface area contributed by atoms with E-state index in [2.05, 4.69) is 24.9 Å². The minimum Gasteiger partial charge on any atom is -0.330 e. The molecule has 0 spiro atoms. The zero-order chi connectivity index (χ0) is 21.6. The summed E-state index contributed by atoms with van der Waals surface area (Å²) in [4.78, 5) is 0. The molecule has 2 aliphatic carbocycles. The maximum Gasteiger partial charge on any atom is 0.0267 e. The fourth-order valence-electron chi connectivity index (χ4n) is 6.01. The van der Waals surface area contributed by atoms with Crippen LogP contribution in [0.3, 0.4) is 0 Å². The number of nitrogens with one attached hydrogen (secondary N) is 1. The Kier molecular flexibility index (Phi) is 16.1. The van der Waals surface area contributed by atoms with Gasteiger partial charge in [0.1, 0.15) is 0 Å². The van der Waals surface area contributed by atoms with Crippen molar-refractivity contribution in [2.75, 3.05) is 19.3 Å². The minimum atomic E-state index is 0.116. The largest absolute Gasteiger partial charge is 0.330 e. The summed E-state index contributed by atoms with van der Waals surface area (Å²) < 4.78 is 0. The molecule has 0 aromatic carbocycles. The molecule has 0 radical (unpaired) electrons. The Morgan fingerprint density at radius 3 is 2.07 bits per heavy atom. The van der Waals surface area contributed by atoms with Gasteiger partial charge in [-0.2, -0.15) is 12.6 Å². The number of thiol groups is 1. The van der Waals surface area contributed by atoms with E-state index >= 15 is 0 Å². The van der Waals surface area contributed by atoms with Gasteiger partial charge in [0.2, 0.25) is 0 Å². The van der Waals surface area contributed by atoms with Gasteiger partial charge >= 0.3 is 0 Å². The van der Waals surface area contributed by atoms with Crippen LogP contribution >= 0.6 is 12.6 Å². The van der Waals surface area contributed by atoms with Crippen molar-refractivity contribution < 1.29 is 0 Å².